The number of hydrogen-bond donors (Lipinski definition) is 2. The highest BCUT2D eigenvalue weighted by Gasteiger charge is 2.32. The molecule has 10 heteroatoms. The van der Waals surface area contributed by atoms with E-state index in [-0.39, 0.29) is 0 Å². The number of rotatable bonds is 5. The Balaban J connectivity index is 1.54. The van der Waals surface area contributed by atoms with E-state index in [2.05, 4.69) is 44.8 Å². The van der Waals surface area contributed by atoms with Gasteiger partial charge in [-0.25, -0.2) is 13.6 Å². The summed E-state index contributed by atoms with van der Waals surface area (Å²) < 4.78 is 31.2. The Bertz CT molecular complexity index is 1130. The lowest BCUT2D eigenvalue weighted by molar-refractivity contribution is 0.0471. The molecule has 0 unspecified atom stereocenters. The van der Waals surface area contributed by atoms with E-state index >= 15 is 8.78 Å². The van der Waals surface area contributed by atoms with E-state index in [0.717, 1.165) is 41.1 Å². The zero-order valence-corrected chi connectivity index (χ0v) is 21.9. The van der Waals surface area contributed by atoms with Gasteiger partial charge in [0.25, 0.3) is 5.91 Å². The number of piperazine rings is 1. The zero-order valence-electron chi connectivity index (χ0n) is 19.8. The number of aromatic carboxylic acids is 1. The molecule has 7 nitrogen and oxygen atoms in total. The molecule has 2 heterocycles. The number of carboxylic acid groups (broad SMARTS) is 1. The Morgan fingerprint density at radius 1 is 1.00 bits per heavy atom. The predicted octanol–water partition coefficient (Wildman–Crippen LogP) is 4.17. The zero-order chi connectivity index (χ0) is 25.3. The Hall–Kier alpha value is -2.31. The van der Waals surface area contributed by atoms with E-state index in [1.165, 1.54) is 4.90 Å². The van der Waals surface area contributed by atoms with Gasteiger partial charge in [0, 0.05) is 41.5 Å². The molecular formula is C25H29F2IN4O3. The van der Waals surface area contributed by atoms with E-state index < -0.39 is 40.3 Å². The van der Waals surface area contributed by atoms with Crippen LogP contribution in [0.3, 0.4) is 0 Å². The van der Waals surface area contributed by atoms with Crippen LogP contribution in [0.15, 0.2) is 24.3 Å². The molecule has 35 heavy (non-hydrogen) atoms. The highest BCUT2D eigenvalue weighted by atomic mass is 127. The molecule has 0 bridgehead atoms. The molecule has 4 rings (SSSR count). The Kier molecular flexibility index (Phi) is 7.92. The lowest BCUT2D eigenvalue weighted by atomic mass is 10.0. The standard InChI is InChI=1S/C25H29F2IN4O3/c1-15-13-16(28)3-4-20(15)29-23-19(25(34)35)14-18(21(26)22(23)27)24(33)32-11-9-31(10-12-32)17-5-7-30(2)8-6-17/h3-4,13-14,17,29H,5-12H2,1-2H3,(H,34,35). The Morgan fingerprint density at radius 2 is 1.66 bits per heavy atom. The van der Waals surface area contributed by atoms with Crippen LogP contribution in [0.25, 0.3) is 0 Å². The van der Waals surface area contributed by atoms with Gasteiger partial charge in [-0.3, -0.25) is 9.69 Å². The number of amides is 1. The summed E-state index contributed by atoms with van der Waals surface area (Å²) in [7, 11) is 2.11. The van der Waals surface area contributed by atoms with Crippen LogP contribution in [-0.4, -0.2) is 84.0 Å². The molecule has 2 aromatic rings. The fourth-order valence-electron chi connectivity index (χ4n) is 4.80. The third-order valence-electron chi connectivity index (χ3n) is 6.92. The van der Waals surface area contributed by atoms with Crippen molar-refractivity contribution in [2.75, 3.05) is 51.6 Å². The van der Waals surface area contributed by atoms with Crippen molar-refractivity contribution >= 4 is 45.8 Å². The van der Waals surface area contributed by atoms with Crippen molar-refractivity contribution < 1.29 is 23.5 Å². The summed E-state index contributed by atoms with van der Waals surface area (Å²) in [5.41, 5.74) is -0.346. The van der Waals surface area contributed by atoms with Gasteiger partial charge in [0.2, 0.25) is 0 Å². The second-order valence-corrected chi connectivity index (χ2v) is 10.5. The second kappa shape index (κ2) is 10.8. The Morgan fingerprint density at radius 3 is 2.26 bits per heavy atom. The van der Waals surface area contributed by atoms with E-state index in [0.29, 0.717) is 37.9 Å². The molecule has 0 spiro atoms. The summed E-state index contributed by atoms with van der Waals surface area (Å²) in [6.07, 6.45) is 2.14. The Labute approximate surface area is 217 Å². The summed E-state index contributed by atoms with van der Waals surface area (Å²) in [4.78, 5) is 31.2. The first-order valence-electron chi connectivity index (χ1n) is 11.7. The number of piperidine rings is 1. The second-order valence-electron chi connectivity index (χ2n) is 9.23. The molecule has 188 valence electrons. The summed E-state index contributed by atoms with van der Waals surface area (Å²) in [6.45, 7) is 5.93. The summed E-state index contributed by atoms with van der Waals surface area (Å²) in [6, 6.07) is 6.68. The molecule has 0 aromatic heterocycles. The first kappa shape index (κ1) is 25.8. The van der Waals surface area contributed by atoms with Crippen molar-refractivity contribution in [3.05, 3.63) is 56.2 Å². The fourth-order valence-corrected chi connectivity index (χ4v) is 5.44. The van der Waals surface area contributed by atoms with Gasteiger partial charge in [-0.15, -0.1) is 0 Å². The normalized spacial score (nSPS) is 18.0. The lowest BCUT2D eigenvalue weighted by Gasteiger charge is -2.42. The van der Waals surface area contributed by atoms with Gasteiger partial charge in [0.05, 0.1) is 16.8 Å². The third kappa shape index (κ3) is 5.59. The van der Waals surface area contributed by atoms with Crippen LogP contribution >= 0.6 is 22.6 Å². The van der Waals surface area contributed by atoms with Crippen molar-refractivity contribution in [2.24, 2.45) is 0 Å². The molecule has 2 fully saturated rings. The van der Waals surface area contributed by atoms with Crippen LogP contribution in [0.4, 0.5) is 20.2 Å². The molecule has 2 saturated heterocycles. The van der Waals surface area contributed by atoms with Crippen LogP contribution in [0.1, 0.15) is 39.1 Å². The van der Waals surface area contributed by atoms with Gasteiger partial charge in [-0.05, 0) is 92.3 Å². The van der Waals surface area contributed by atoms with Crippen LogP contribution in [0, 0.1) is 22.1 Å². The molecule has 0 atom stereocenters. The topological polar surface area (TPSA) is 76.1 Å². The average Bonchev–Trinajstić information content (AvgIpc) is 2.83. The molecule has 2 aliphatic heterocycles. The maximum Gasteiger partial charge on any atom is 0.337 e. The number of likely N-dealkylation sites (tertiary alicyclic amines) is 1. The van der Waals surface area contributed by atoms with Crippen molar-refractivity contribution in [1.82, 2.24) is 14.7 Å². The molecule has 0 saturated carbocycles. The highest BCUT2D eigenvalue weighted by molar-refractivity contribution is 14.1. The number of nitrogens with one attached hydrogen (secondary N) is 1. The molecule has 2 aromatic carbocycles. The predicted molar refractivity (Wildman–Crippen MR) is 138 cm³/mol. The minimum Gasteiger partial charge on any atom is -0.478 e. The van der Waals surface area contributed by atoms with E-state index in [4.69, 9.17) is 0 Å². The van der Waals surface area contributed by atoms with E-state index in [9.17, 15) is 14.7 Å². The van der Waals surface area contributed by atoms with Crippen LogP contribution in [-0.2, 0) is 0 Å². The first-order valence-corrected chi connectivity index (χ1v) is 12.7. The number of carbonyl (C=O) groups is 2. The van der Waals surface area contributed by atoms with Crippen LogP contribution in [0.2, 0.25) is 0 Å². The summed E-state index contributed by atoms with van der Waals surface area (Å²) in [5, 5.41) is 12.4. The average molecular weight is 598 g/mol. The molecule has 0 radical (unpaired) electrons. The number of halogens is 3. The minimum atomic E-state index is -1.45. The first-order chi connectivity index (χ1) is 16.7. The minimum absolute atomic E-state index is 0.385. The fraction of sp³-hybridized carbons (Fsp3) is 0.440. The lowest BCUT2D eigenvalue weighted by Crippen LogP contribution is -2.54. The maximum absolute atomic E-state index is 15.2. The molecule has 1 amide bonds. The quantitative estimate of drug-likeness (QED) is 0.504. The van der Waals surface area contributed by atoms with E-state index in [1.54, 1.807) is 19.1 Å². The molecule has 2 aliphatic rings. The number of nitrogens with zero attached hydrogens (tertiary/aromatic N) is 3. The number of hydrogen-bond acceptors (Lipinski definition) is 5. The van der Waals surface area contributed by atoms with Crippen LogP contribution in [0.5, 0.6) is 0 Å². The number of carbonyl (C=O) groups excluding carboxylic acids is 1. The number of aryl methyl sites for hydroxylation is 1. The van der Waals surface area contributed by atoms with Crippen molar-refractivity contribution in [3.63, 3.8) is 0 Å². The number of anilines is 2. The van der Waals surface area contributed by atoms with Crippen molar-refractivity contribution in [3.8, 4) is 0 Å². The van der Waals surface area contributed by atoms with Gasteiger partial charge >= 0.3 is 5.97 Å². The third-order valence-corrected chi connectivity index (χ3v) is 7.59. The van der Waals surface area contributed by atoms with Gasteiger partial charge in [0.15, 0.2) is 11.6 Å². The summed E-state index contributed by atoms with van der Waals surface area (Å²) >= 11 is 2.13. The highest BCUT2D eigenvalue weighted by Crippen LogP contribution is 2.31. The largest absolute Gasteiger partial charge is 0.478 e. The molecular weight excluding hydrogens is 569 g/mol. The van der Waals surface area contributed by atoms with Gasteiger partial charge < -0.3 is 20.2 Å². The van der Waals surface area contributed by atoms with E-state index in [1.807, 2.05) is 6.07 Å². The molecule has 2 N–H and O–H groups in total. The number of benzene rings is 2. The molecule has 0 aliphatic carbocycles. The van der Waals surface area contributed by atoms with Gasteiger partial charge in [-0.1, -0.05) is 0 Å². The SMILES string of the molecule is Cc1cc(I)ccc1Nc1c(C(=O)O)cc(C(=O)N2CCN(C3CCN(C)CC3)CC2)c(F)c1F. The smallest absolute Gasteiger partial charge is 0.337 e. The maximum atomic E-state index is 15.2. The van der Waals surface area contributed by atoms with Crippen LogP contribution < -0.4 is 5.32 Å². The van der Waals surface area contributed by atoms with Crippen molar-refractivity contribution in [2.45, 2.75) is 25.8 Å². The van der Waals surface area contributed by atoms with Gasteiger partial charge in [0.1, 0.15) is 0 Å². The van der Waals surface area contributed by atoms with Crippen molar-refractivity contribution in [1.29, 1.82) is 0 Å². The summed E-state index contributed by atoms with van der Waals surface area (Å²) in [5.74, 6) is -4.86. The number of carboxylic acids is 1. The monoisotopic (exact) mass is 598 g/mol. The van der Waals surface area contributed by atoms with Gasteiger partial charge in [-0.2, -0.15) is 0 Å².